The molecule has 4 rings (SSSR count). The van der Waals surface area contributed by atoms with Crippen LogP contribution in [0.25, 0.3) is 11.0 Å². The fourth-order valence-corrected chi connectivity index (χ4v) is 3.50. The van der Waals surface area contributed by atoms with Crippen molar-refractivity contribution in [1.82, 2.24) is 14.9 Å². The monoisotopic (exact) mass is 440 g/mol. The van der Waals surface area contributed by atoms with Gasteiger partial charge in [0.1, 0.15) is 11.6 Å². The minimum Gasteiger partial charge on any atom is -0.497 e. The number of aryl methyl sites for hydroxylation is 1. The number of nitrogens with zero attached hydrogens (tertiary/aromatic N) is 3. The Morgan fingerprint density at radius 3 is 2.39 bits per heavy atom. The van der Waals surface area contributed by atoms with Gasteiger partial charge < -0.3 is 20.1 Å². The SMILES string of the molecule is COc1ccc2nc(NC3CCN(CC4CC4)CC3)c(C)nc2c1.O=C(O)C(F)(F)F. The van der Waals surface area contributed by atoms with Crippen molar-refractivity contribution in [3.8, 4) is 5.75 Å². The molecule has 10 heteroatoms. The van der Waals surface area contributed by atoms with Gasteiger partial charge in [0.15, 0.2) is 0 Å². The number of halogens is 3. The molecule has 170 valence electrons. The molecule has 1 aliphatic heterocycles. The van der Waals surface area contributed by atoms with Crippen LogP contribution in [-0.2, 0) is 4.79 Å². The number of rotatable bonds is 5. The van der Waals surface area contributed by atoms with Crippen LogP contribution in [-0.4, -0.2) is 64.9 Å². The summed E-state index contributed by atoms with van der Waals surface area (Å²) in [7, 11) is 1.67. The standard InChI is InChI=1S/C19H26N4O.C2HF3O2/c1-13-19(22-17-6-5-16(24-2)11-18(17)20-13)21-15-7-9-23(10-8-15)12-14-3-4-14;3-2(4,5)1(6)7/h5-6,11,14-15H,3-4,7-10,12H2,1-2H3,(H,21,22);(H,6,7). The fourth-order valence-electron chi connectivity index (χ4n) is 3.50. The van der Waals surface area contributed by atoms with Gasteiger partial charge in [-0.15, -0.1) is 0 Å². The average molecular weight is 440 g/mol. The molecule has 0 radical (unpaired) electrons. The molecule has 1 saturated heterocycles. The Morgan fingerprint density at radius 2 is 1.84 bits per heavy atom. The summed E-state index contributed by atoms with van der Waals surface area (Å²) in [5.74, 6) is -0.0270. The zero-order valence-electron chi connectivity index (χ0n) is 17.6. The lowest BCUT2D eigenvalue weighted by Gasteiger charge is -2.32. The van der Waals surface area contributed by atoms with Crippen LogP contribution in [0.2, 0.25) is 0 Å². The van der Waals surface area contributed by atoms with Gasteiger partial charge in [0.25, 0.3) is 0 Å². The fraction of sp³-hybridized carbons (Fsp3) is 0.571. The first-order valence-electron chi connectivity index (χ1n) is 10.3. The Kier molecular flexibility index (Phi) is 7.19. The van der Waals surface area contributed by atoms with Crippen LogP contribution < -0.4 is 10.1 Å². The van der Waals surface area contributed by atoms with E-state index >= 15 is 0 Å². The summed E-state index contributed by atoms with van der Waals surface area (Å²) in [5.41, 5.74) is 2.75. The number of alkyl halides is 3. The molecule has 31 heavy (non-hydrogen) atoms. The van der Waals surface area contributed by atoms with E-state index in [9.17, 15) is 13.2 Å². The van der Waals surface area contributed by atoms with E-state index in [0.717, 1.165) is 34.2 Å². The molecule has 1 aliphatic carbocycles. The van der Waals surface area contributed by atoms with Gasteiger partial charge in [-0.05, 0) is 50.7 Å². The number of hydrogen-bond donors (Lipinski definition) is 2. The number of fused-ring (bicyclic) bond motifs is 1. The van der Waals surface area contributed by atoms with Crippen LogP contribution in [0.15, 0.2) is 18.2 Å². The third kappa shape index (κ3) is 6.68. The summed E-state index contributed by atoms with van der Waals surface area (Å²) in [6.07, 6.45) is 0.173. The molecule has 0 spiro atoms. The number of carbonyl (C=O) groups is 1. The number of nitrogens with one attached hydrogen (secondary N) is 1. The van der Waals surface area contributed by atoms with Crippen LogP contribution in [0.5, 0.6) is 5.75 Å². The number of carboxylic acids is 1. The van der Waals surface area contributed by atoms with Crippen molar-refractivity contribution in [1.29, 1.82) is 0 Å². The molecule has 0 atom stereocenters. The van der Waals surface area contributed by atoms with Crippen molar-refractivity contribution < 1.29 is 27.8 Å². The van der Waals surface area contributed by atoms with E-state index in [0.29, 0.717) is 6.04 Å². The quantitative estimate of drug-likeness (QED) is 0.730. The molecule has 2 N–H and O–H groups in total. The van der Waals surface area contributed by atoms with Crippen molar-refractivity contribution in [2.24, 2.45) is 5.92 Å². The van der Waals surface area contributed by atoms with Gasteiger partial charge >= 0.3 is 12.1 Å². The van der Waals surface area contributed by atoms with Gasteiger partial charge in [-0.2, -0.15) is 13.2 Å². The van der Waals surface area contributed by atoms with Gasteiger partial charge in [0, 0.05) is 31.7 Å². The smallest absolute Gasteiger partial charge is 0.490 e. The summed E-state index contributed by atoms with van der Waals surface area (Å²) >= 11 is 0. The van der Waals surface area contributed by atoms with E-state index in [1.54, 1.807) is 7.11 Å². The second kappa shape index (κ2) is 9.67. The number of aliphatic carboxylic acids is 1. The highest BCUT2D eigenvalue weighted by atomic mass is 19.4. The number of hydrogen-bond acceptors (Lipinski definition) is 6. The molecular weight excluding hydrogens is 413 g/mol. The number of methoxy groups -OCH3 is 1. The number of aromatic nitrogens is 2. The molecule has 1 aromatic heterocycles. The van der Waals surface area contributed by atoms with Gasteiger partial charge in [-0.3, -0.25) is 0 Å². The van der Waals surface area contributed by atoms with E-state index < -0.39 is 12.1 Å². The number of carboxylic acid groups (broad SMARTS) is 1. The van der Waals surface area contributed by atoms with E-state index in [1.165, 1.54) is 45.3 Å². The lowest BCUT2D eigenvalue weighted by Crippen LogP contribution is -2.40. The largest absolute Gasteiger partial charge is 0.497 e. The maximum atomic E-state index is 10.6. The van der Waals surface area contributed by atoms with Crippen LogP contribution in [0, 0.1) is 12.8 Å². The van der Waals surface area contributed by atoms with Crippen LogP contribution >= 0.6 is 0 Å². The number of ether oxygens (including phenoxy) is 1. The minimum absolute atomic E-state index is 0.504. The van der Waals surface area contributed by atoms with Crippen molar-refractivity contribution >= 4 is 22.8 Å². The van der Waals surface area contributed by atoms with Crippen molar-refractivity contribution in [3.63, 3.8) is 0 Å². The molecule has 1 aromatic carbocycles. The number of anilines is 1. The first-order chi connectivity index (χ1) is 14.7. The Morgan fingerprint density at radius 1 is 1.19 bits per heavy atom. The number of likely N-dealkylation sites (tertiary alicyclic amines) is 1. The summed E-state index contributed by atoms with van der Waals surface area (Å²) in [4.78, 5) is 21.0. The first kappa shape index (κ1) is 23.1. The lowest BCUT2D eigenvalue weighted by molar-refractivity contribution is -0.192. The van der Waals surface area contributed by atoms with E-state index in [-0.39, 0.29) is 0 Å². The molecule has 2 aliphatic rings. The minimum atomic E-state index is -5.08. The van der Waals surface area contributed by atoms with Crippen LogP contribution in [0.1, 0.15) is 31.4 Å². The summed E-state index contributed by atoms with van der Waals surface area (Å²) in [6.45, 7) is 5.73. The molecular formula is C21H27F3N4O3. The Hall–Kier alpha value is -2.62. The Bertz CT molecular complexity index is 911. The van der Waals surface area contributed by atoms with Gasteiger partial charge in [-0.1, -0.05) is 0 Å². The van der Waals surface area contributed by atoms with Gasteiger partial charge in [0.2, 0.25) is 0 Å². The highest BCUT2D eigenvalue weighted by Crippen LogP contribution is 2.31. The normalized spacial score (nSPS) is 17.7. The maximum Gasteiger partial charge on any atom is 0.490 e. The third-order valence-electron chi connectivity index (χ3n) is 5.43. The third-order valence-corrected chi connectivity index (χ3v) is 5.43. The zero-order valence-corrected chi connectivity index (χ0v) is 17.6. The van der Waals surface area contributed by atoms with Gasteiger partial charge in [-0.25, -0.2) is 14.8 Å². The lowest BCUT2D eigenvalue weighted by atomic mass is 10.0. The molecule has 2 heterocycles. The number of piperidine rings is 1. The van der Waals surface area contributed by atoms with E-state index in [2.05, 4.69) is 10.2 Å². The summed E-state index contributed by atoms with van der Waals surface area (Å²) < 4.78 is 37.0. The topological polar surface area (TPSA) is 87.6 Å². The summed E-state index contributed by atoms with van der Waals surface area (Å²) in [6, 6.07) is 6.36. The highest BCUT2D eigenvalue weighted by molar-refractivity contribution is 5.78. The molecule has 0 amide bonds. The van der Waals surface area contributed by atoms with Crippen LogP contribution in [0.4, 0.5) is 19.0 Å². The Labute approximate surface area is 178 Å². The van der Waals surface area contributed by atoms with Crippen molar-refractivity contribution in [3.05, 3.63) is 23.9 Å². The zero-order chi connectivity index (χ0) is 22.6. The molecule has 2 fully saturated rings. The van der Waals surface area contributed by atoms with Crippen molar-refractivity contribution in [2.75, 3.05) is 32.1 Å². The second-order valence-corrected chi connectivity index (χ2v) is 7.98. The molecule has 0 bridgehead atoms. The molecule has 1 saturated carbocycles. The molecule has 0 unspecified atom stereocenters. The van der Waals surface area contributed by atoms with E-state index in [1.807, 2.05) is 25.1 Å². The van der Waals surface area contributed by atoms with Crippen molar-refractivity contribution in [2.45, 2.75) is 44.8 Å². The average Bonchev–Trinajstić information content (AvgIpc) is 3.53. The highest BCUT2D eigenvalue weighted by Gasteiger charge is 2.38. The molecule has 2 aromatic rings. The van der Waals surface area contributed by atoms with E-state index in [4.69, 9.17) is 24.6 Å². The number of benzene rings is 1. The predicted molar refractivity (Wildman–Crippen MR) is 110 cm³/mol. The summed E-state index contributed by atoms with van der Waals surface area (Å²) in [5, 5.41) is 10.8. The maximum absolute atomic E-state index is 10.6. The second-order valence-electron chi connectivity index (χ2n) is 7.98. The van der Waals surface area contributed by atoms with Gasteiger partial charge in [0.05, 0.1) is 23.8 Å². The predicted octanol–water partition coefficient (Wildman–Crippen LogP) is 3.87. The first-order valence-corrected chi connectivity index (χ1v) is 10.3. The Balaban J connectivity index is 0.000000339. The van der Waals surface area contributed by atoms with Crippen LogP contribution in [0.3, 0.4) is 0 Å². The molecule has 7 nitrogen and oxygen atoms in total.